The quantitative estimate of drug-likeness (QED) is 0.604. The third kappa shape index (κ3) is 5.67. The van der Waals surface area contributed by atoms with E-state index in [2.05, 4.69) is 15.5 Å². The van der Waals surface area contributed by atoms with E-state index in [4.69, 9.17) is 21.6 Å². The molecule has 2 aliphatic rings. The number of morpholine rings is 1. The van der Waals surface area contributed by atoms with Gasteiger partial charge in [-0.15, -0.1) is 0 Å². The lowest BCUT2D eigenvalue weighted by Crippen LogP contribution is -2.48. The molecule has 1 aromatic heterocycles. The molecule has 2 N–H and O–H groups in total. The van der Waals surface area contributed by atoms with E-state index in [9.17, 15) is 9.59 Å². The van der Waals surface area contributed by atoms with Crippen LogP contribution in [0.25, 0.3) is 10.9 Å². The van der Waals surface area contributed by atoms with Crippen molar-refractivity contribution in [2.45, 2.75) is 38.3 Å². The first-order valence-electron chi connectivity index (χ1n) is 11.6. The molecule has 176 valence electrons. The van der Waals surface area contributed by atoms with E-state index in [0.717, 1.165) is 63.0 Å². The van der Waals surface area contributed by atoms with Crippen molar-refractivity contribution in [1.82, 2.24) is 20.1 Å². The van der Waals surface area contributed by atoms with Crippen molar-refractivity contribution in [3.8, 4) is 6.07 Å². The van der Waals surface area contributed by atoms with Crippen LogP contribution in [0.3, 0.4) is 0 Å². The van der Waals surface area contributed by atoms with Crippen LogP contribution >= 0.6 is 11.6 Å². The zero-order chi connectivity index (χ0) is 23.2. The lowest BCUT2D eigenvalue weighted by Gasteiger charge is -2.31. The number of aromatic nitrogens is 1. The van der Waals surface area contributed by atoms with Crippen LogP contribution in [0.4, 0.5) is 0 Å². The Morgan fingerprint density at radius 3 is 2.73 bits per heavy atom. The SMILES string of the molecule is N#CCNC(=O)[C@@H]1CCCC[C@@H]1NC(=O)c1cc2ccc(Cl)cc2n1CCN1CCOCC1. The number of amides is 2. The summed E-state index contributed by atoms with van der Waals surface area (Å²) in [5.74, 6) is -0.674. The van der Waals surface area contributed by atoms with Crippen LogP contribution in [0.5, 0.6) is 0 Å². The van der Waals surface area contributed by atoms with Crippen molar-refractivity contribution in [1.29, 1.82) is 5.26 Å². The van der Waals surface area contributed by atoms with Crippen LogP contribution in [0.1, 0.15) is 36.2 Å². The molecule has 2 atom stereocenters. The van der Waals surface area contributed by atoms with Crippen LogP contribution in [0, 0.1) is 17.2 Å². The van der Waals surface area contributed by atoms with Gasteiger partial charge in [0.1, 0.15) is 12.2 Å². The summed E-state index contributed by atoms with van der Waals surface area (Å²) >= 11 is 6.27. The average molecular weight is 472 g/mol. The molecular weight excluding hydrogens is 442 g/mol. The standard InChI is InChI=1S/C24H30ClN5O3/c25-18-6-5-17-15-22(30(21(17)16-18)10-9-29-11-13-33-14-12-29)24(32)28-20-4-2-1-3-19(20)23(31)27-8-7-26/h5-6,15-16,19-20H,1-4,8-14H2,(H,27,31)(H,28,32)/t19-,20+/m1/s1. The highest BCUT2D eigenvalue weighted by Crippen LogP contribution is 2.27. The van der Waals surface area contributed by atoms with E-state index in [1.54, 1.807) is 0 Å². The van der Waals surface area contributed by atoms with Crippen molar-refractivity contribution in [2.75, 3.05) is 39.4 Å². The molecule has 1 aliphatic carbocycles. The van der Waals surface area contributed by atoms with Gasteiger partial charge in [0.25, 0.3) is 5.91 Å². The van der Waals surface area contributed by atoms with E-state index in [-0.39, 0.29) is 30.3 Å². The third-order valence-corrected chi connectivity index (χ3v) is 6.84. The number of benzene rings is 1. The highest BCUT2D eigenvalue weighted by atomic mass is 35.5. The van der Waals surface area contributed by atoms with E-state index in [1.165, 1.54) is 0 Å². The summed E-state index contributed by atoms with van der Waals surface area (Å²) in [6.45, 7) is 4.65. The lowest BCUT2D eigenvalue weighted by atomic mass is 9.83. The van der Waals surface area contributed by atoms with Gasteiger partial charge in [-0.1, -0.05) is 30.5 Å². The summed E-state index contributed by atoms with van der Waals surface area (Å²) in [6.07, 6.45) is 3.35. The number of carbonyl (C=O) groups is 2. The van der Waals surface area contributed by atoms with E-state index < -0.39 is 0 Å². The van der Waals surface area contributed by atoms with E-state index in [0.29, 0.717) is 23.7 Å². The molecule has 1 saturated heterocycles. The first-order chi connectivity index (χ1) is 16.1. The number of fused-ring (bicyclic) bond motifs is 1. The van der Waals surface area contributed by atoms with Gasteiger partial charge in [-0.2, -0.15) is 5.26 Å². The maximum absolute atomic E-state index is 13.4. The molecule has 9 heteroatoms. The van der Waals surface area contributed by atoms with Crippen molar-refractivity contribution in [3.05, 3.63) is 35.0 Å². The molecule has 2 aromatic rings. The van der Waals surface area contributed by atoms with Crippen LogP contribution in [-0.2, 0) is 16.1 Å². The first-order valence-corrected chi connectivity index (χ1v) is 12.0. The van der Waals surface area contributed by atoms with E-state index >= 15 is 0 Å². The molecule has 0 radical (unpaired) electrons. The number of hydrogen-bond donors (Lipinski definition) is 2. The maximum Gasteiger partial charge on any atom is 0.268 e. The fraction of sp³-hybridized carbons (Fsp3) is 0.542. The highest BCUT2D eigenvalue weighted by Gasteiger charge is 2.32. The molecule has 4 rings (SSSR count). The monoisotopic (exact) mass is 471 g/mol. The van der Waals surface area contributed by atoms with Crippen molar-refractivity contribution < 1.29 is 14.3 Å². The number of halogens is 1. The first kappa shape index (κ1) is 23.6. The molecule has 2 heterocycles. The predicted molar refractivity (Wildman–Crippen MR) is 126 cm³/mol. The zero-order valence-corrected chi connectivity index (χ0v) is 19.4. The Labute approximate surface area is 198 Å². The fourth-order valence-electron chi connectivity index (χ4n) is 4.84. The zero-order valence-electron chi connectivity index (χ0n) is 18.7. The van der Waals surface area contributed by atoms with Gasteiger partial charge in [0.05, 0.1) is 30.7 Å². The second-order valence-corrected chi connectivity index (χ2v) is 9.12. The summed E-state index contributed by atoms with van der Waals surface area (Å²) in [4.78, 5) is 28.3. The van der Waals surface area contributed by atoms with E-state index in [1.807, 2.05) is 34.9 Å². The summed E-state index contributed by atoms with van der Waals surface area (Å²) < 4.78 is 7.47. The summed E-state index contributed by atoms with van der Waals surface area (Å²) in [5.41, 5.74) is 1.50. The Kier molecular flexibility index (Phi) is 7.86. The molecule has 2 fully saturated rings. The highest BCUT2D eigenvalue weighted by molar-refractivity contribution is 6.31. The number of hydrogen-bond acceptors (Lipinski definition) is 5. The van der Waals surface area contributed by atoms with Crippen molar-refractivity contribution >= 4 is 34.3 Å². The normalized spacial score (nSPS) is 21.5. The molecule has 1 saturated carbocycles. The minimum Gasteiger partial charge on any atom is -0.379 e. The number of rotatable bonds is 7. The fourth-order valence-corrected chi connectivity index (χ4v) is 5.01. The van der Waals surface area contributed by atoms with Gasteiger partial charge < -0.3 is 19.9 Å². The van der Waals surface area contributed by atoms with Crippen LogP contribution in [0.15, 0.2) is 24.3 Å². The summed E-state index contributed by atoms with van der Waals surface area (Å²) in [7, 11) is 0. The Balaban J connectivity index is 1.55. The van der Waals surface area contributed by atoms with Crippen molar-refractivity contribution in [2.24, 2.45) is 5.92 Å². The molecule has 8 nitrogen and oxygen atoms in total. The number of nitrogens with one attached hydrogen (secondary N) is 2. The second kappa shape index (κ2) is 11.0. The van der Waals surface area contributed by atoms with Crippen LogP contribution < -0.4 is 10.6 Å². The Bertz CT molecular complexity index is 1040. The molecule has 0 spiro atoms. The topological polar surface area (TPSA) is 99.4 Å². The number of nitriles is 1. The molecule has 0 bridgehead atoms. The number of nitrogens with zero attached hydrogens (tertiary/aromatic N) is 3. The van der Waals surface area contributed by atoms with Crippen LogP contribution in [-0.4, -0.2) is 66.7 Å². The number of ether oxygens (including phenoxy) is 1. The van der Waals surface area contributed by atoms with Gasteiger partial charge in [0.15, 0.2) is 0 Å². The van der Waals surface area contributed by atoms with Gasteiger partial charge in [-0.3, -0.25) is 14.5 Å². The molecule has 1 aliphatic heterocycles. The Morgan fingerprint density at radius 2 is 1.94 bits per heavy atom. The third-order valence-electron chi connectivity index (χ3n) is 6.60. The van der Waals surface area contributed by atoms with Gasteiger partial charge >= 0.3 is 0 Å². The van der Waals surface area contributed by atoms with Gasteiger partial charge in [0.2, 0.25) is 5.91 Å². The summed E-state index contributed by atoms with van der Waals surface area (Å²) in [6, 6.07) is 9.24. The largest absolute Gasteiger partial charge is 0.379 e. The Hall–Kier alpha value is -2.60. The lowest BCUT2D eigenvalue weighted by molar-refractivity contribution is -0.126. The van der Waals surface area contributed by atoms with Crippen LogP contribution in [0.2, 0.25) is 5.02 Å². The molecule has 33 heavy (non-hydrogen) atoms. The molecular formula is C24H30ClN5O3. The minimum atomic E-state index is -0.323. The smallest absolute Gasteiger partial charge is 0.268 e. The second-order valence-electron chi connectivity index (χ2n) is 8.69. The Morgan fingerprint density at radius 1 is 1.15 bits per heavy atom. The van der Waals surface area contributed by atoms with Gasteiger partial charge in [-0.25, -0.2) is 0 Å². The molecule has 1 aromatic carbocycles. The van der Waals surface area contributed by atoms with Gasteiger partial charge in [0, 0.05) is 42.6 Å². The average Bonchev–Trinajstić information content (AvgIpc) is 3.20. The predicted octanol–water partition coefficient (Wildman–Crippen LogP) is 2.56. The minimum absolute atomic E-state index is 0.0213. The maximum atomic E-state index is 13.4. The van der Waals surface area contributed by atoms with Crippen molar-refractivity contribution in [3.63, 3.8) is 0 Å². The molecule has 2 amide bonds. The summed E-state index contributed by atoms with van der Waals surface area (Å²) in [5, 5.41) is 16.1. The number of carbonyl (C=O) groups excluding carboxylic acids is 2. The van der Waals surface area contributed by atoms with Gasteiger partial charge in [-0.05, 0) is 31.0 Å². The molecule has 0 unspecified atom stereocenters.